The fraction of sp³-hybridized carbons (Fsp3) is 0.176. The van der Waals surface area contributed by atoms with Crippen LogP contribution in [0.15, 0.2) is 53.0 Å². The molecular weight excluding hydrogens is 352 g/mol. The van der Waals surface area contributed by atoms with Crippen molar-refractivity contribution >= 4 is 23.4 Å². The van der Waals surface area contributed by atoms with E-state index in [2.05, 4.69) is 30.7 Å². The number of rotatable bonds is 6. The van der Waals surface area contributed by atoms with Gasteiger partial charge in [0, 0.05) is 23.7 Å². The molecule has 4 rings (SSSR count). The highest BCUT2D eigenvalue weighted by molar-refractivity contribution is 7.98. The van der Waals surface area contributed by atoms with Crippen LogP contribution in [-0.4, -0.2) is 32.7 Å². The molecule has 1 aliphatic heterocycles. The minimum Gasteiger partial charge on any atom is -0.454 e. The van der Waals surface area contributed by atoms with Crippen LogP contribution in [0, 0.1) is 0 Å². The Balaban J connectivity index is 1.37. The largest absolute Gasteiger partial charge is 0.454 e. The third kappa shape index (κ3) is 3.77. The number of thioether (sulfide) groups is 1. The van der Waals surface area contributed by atoms with Crippen LogP contribution < -0.4 is 14.9 Å². The molecule has 0 saturated carbocycles. The van der Waals surface area contributed by atoms with Gasteiger partial charge in [-0.1, -0.05) is 11.8 Å². The first-order valence-corrected chi connectivity index (χ1v) is 8.91. The molecule has 1 aromatic carbocycles. The Morgan fingerprint density at radius 3 is 2.96 bits per heavy atom. The molecule has 0 saturated heterocycles. The van der Waals surface area contributed by atoms with Gasteiger partial charge in [-0.3, -0.25) is 4.98 Å². The third-order valence-electron chi connectivity index (χ3n) is 3.70. The number of aromatic amines is 1. The van der Waals surface area contributed by atoms with Gasteiger partial charge in [0.15, 0.2) is 11.5 Å². The lowest BCUT2D eigenvalue weighted by Crippen LogP contribution is -2.00. The van der Waals surface area contributed by atoms with E-state index in [4.69, 9.17) is 9.47 Å². The number of ether oxygens (including phenoxy) is 2. The fourth-order valence-electron chi connectivity index (χ4n) is 2.31. The van der Waals surface area contributed by atoms with Crippen molar-refractivity contribution in [1.29, 1.82) is 0 Å². The molecule has 0 spiro atoms. The number of nitrogens with zero attached hydrogens (tertiary/aromatic N) is 4. The summed E-state index contributed by atoms with van der Waals surface area (Å²) in [6, 6.07) is 9.65. The molecule has 0 atom stereocenters. The normalized spacial score (nSPS) is 13.0. The zero-order chi connectivity index (χ0) is 17.8. The molecule has 3 heterocycles. The van der Waals surface area contributed by atoms with Gasteiger partial charge in [0.05, 0.1) is 5.71 Å². The Hall–Kier alpha value is -3.07. The predicted molar refractivity (Wildman–Crippen MR) is 98.6 cm³/mol. The van der Waals surface area contributed by atoms with Gasteiger partial charge in [-0.25, -0.2) is 10.5 Å². The maximum absolute atomic E-state index is 5.39. The van der Waals surface area contributed by atoms with Gasteiger partial charge >= 0.3 is 0 Å². The number of anilines is 1. The molecule has 1 aliphatic rings. The Morgan fingerprint density at radius 1 is 1.23 bits per heavy atom. The minimum absolute atomic E-state index is 0.255. The standard InChI is InChI=1S/C17H16N6O2S/c1-11(13-2-3-14-15(8-13)25-10-24-14)20-21-16-19-17(23-22-16)26-9-12-4-6-18-7-5-12/h2-8H,9-10H2,1H3,(H2,19,21,22,23)/b20-11+. The van der Waals surface area contributed by atoms with Gasteiger partial charge in [0.2, 0.25) is 17.9 Å². The topological polar surface area (TPSA) is 97.3 Å². The van der Waals surface area contributed by atoms with E-state index in [0.29, 0.717) is 11.1 Å². The second-order valence-electron chi connectivity index (χ2n) is 5.49. The molecule has 0 unspecified atom stereocenters. The number of aromatic nitrogens is 4. The van der Waals surface area contributed by atoms with Crippen molar-refractivity contribution in [3.63, 3.8) is 0 Å². The van der Waals surface area contributed by atoms with E-state index in [1.807, 2.05) is 37.3 Å². The zero-order valence-electron chi connectivity index (χ0n) is 14.0. The quantitative estimate of drug-likeness (QED) is 0.392. The van der Waals surface area contributed by atoms with Crippen molar-refractivity contribution in [2.24, 2.45) is 5.10 Å². The second kappa shape index (κ2) is 7.44. The molecule has 132 valence electrons. The molecule has 26 heavy (non-hydrogen) atoms. The highest BCUT2D eigenvalue weighted by Crippen LogP contribution is 2.32. The van der Waals surface area contributed by atoms with Crippen LogP contribution in [0.2, 0.25) is 0 Å². The van der Waals surface area contributed by atoms with Gasteiger partial charge in [0.25, 0.3) is 0 Å². The van der Waals surface area contributed by atoms with E-state index in [1.165, 1.54) is 17.3 Å². The Kier molecular flexibility index (Phi) is 4.69. The van der Waals surface area contributed by atoms with Crippen molar-refractivity contribution < 1.29 is 9.47 Å². The van der Waals surface area contributed by atoms with Crippen LogP contribution in [0.3, 0.4) is 0 Å². The van der Waals surface area contributed by atoms with Crippen LogP contribution >= 0.6 is 11.8 Å². The Bertz CT molecular complexity index is 928. The summed E-state index contributed by atoms with van der Waals surface area (Å²) in [6.45, 7) is 2.16. The summed E-state index contributed by atoms with van der Waals surface area (Å²) in [6.07, 6.45) is 3.54. The Labute approximate surface area is 154 Å². The summed E-state index contributed by atoms with van der Waals surface area (Å²) in [7, 11) is 0. The SMILES string of the molecule is C/C(=N\Nc1nc(SCc2ccncc2)n[nH]1)c1ccc2c(c1)OCO2. The highest BCUT2D eigenvalue weighted by atomic mass is 32.2. The summed E-state index contributed by atoms with van der Waals surface area (Å²) in [5, 5.41) is 12.0. The van der Waals surface area contributed by atoms with Crippen LogP contribution in [0.5, 0.6) is 11.5 Å². The van der Waals surface area contributed by atoms with Crippen LogP contribution in [0.1, 0.15) is 18.1 Å². The number of H-pyrrole nitrogens is 1. The van der Waals surface area contributed by atoms with Crippen LogP contribution in [0.25, 0.3) is 0 Å². The van der Waals surface area contributed by atoms with Crippen molar-refractivity contribution in [2.75, 3.05) is 12.2 Å². The molecule has 0 amide bonds. The van der Waals surface area contributed by atoms with Gasteiger partial charge in [0.1, 0.15) is 0 Å². The summed E-state index contributed by atoms with van der Waals surface area (Å²) in [4.78, 5) is 8.37. The van der Waals surface area contributed by atoms with Gasteiger partial charge in [-0.15, -0.1) is 5.10 Å². The molecule has 8 nitrogen and oxygen atoms in total. The lowest BCUT2D eigenvalue weighted by Gasteiger charge is -2.03. The van der Waals surface area contributed by atoms with Crippen LogP contribution in [-0.2, 0) is 5.75 Å². The maximum Gasteiger partial charge on any atom is 0.240 e. The van der Waals surface area contributed by atoms with Gasteiger partial charge in [-0.05, 0) is 42.8 Å². The van der Waals surface area contributed by atoms with E-state index >= 15 is 0 Å². The first kappa shape index (κ1) is 16.4. The molecule has 3 aromatic rings. The summed E-state index contributed by atoms with van der Waals surface area (Å²) >= 11 is 1.54. The molecule has 0 radical (unpaired) electrons. The number of hydrogen-bond donors (Lipinski definition) is 2. The monoisotopic (exact) mass is 368 g/mol. The van der Waals surface area contributed by atoms with E-state index < -0.39 is 0 Å². The van der Waals surface area contributed by atoms with Gasteiger partial charge in [-0.2, -0.15) is 10.1 Å². The van der Waals surface area contributed by atoms with E-state index in [0.717, 1.165) is 28.5 Å². The predicted octanol–water partition coefficient (Wildman–Crippen LogP) is 3.06. The third-order valence-corrected chi connectivity index (χ3v) is 4.62. The molecular formula is C17H16N6O2S. The smallest absolute Gasteiger partial charge is 0.240 e. The summed E-state index contributed by atoms with van der Waals surface area (Å²) < 4.78 is 10.7. The lowest BCUT2D eigenvalue weighted by atomic mass is 10.1. The van der Waals surface area contributed by atoms with Crippen molar-refractivity contribution in [3.05, 3.63) is 53.9 Å². The molecule has 0 bridgehead atoms. The van der Waals surface area contributed by atoms with Crippen molar-refractivity contribution in [3.8, 4) is 11.5 Å². The zero-order valence-corrected chi connectivity index (χ0v) is 14.8. The first-order chi connectivity index (χ1) is 12.8. The average molecular weight is 368 g/mol. The first-order valence-electron chi connectivity index (χ1n) is 7.92. The number of hydrogen-bond acceptors (Lipinski definition) is 8. The molecule has 9 heteroatoms. The Morgan fingerprint density at radius 2 is 2.08 bits per heavy atom. The molecule has 0 fully saturated rings. The number of benzene rings is 1. The second-order valence-corrected chi connectivity index (χ2v) is 6.43. The molecule has 0 aliphatic carbocycles. The lowest BCUT2D eigenvalue weighted by molar-refractivity contribution is 0.174. The van der Waals surface area contributed by atoms with Crippen LogP contribution in [0.4, 0.5) is 5.95 Å². The fourth-order valence-corrected chi connectivity index (χ4v) is 3.07. The number of nitrogens with one attached hydrogen (secondary N) is 2. The maximum atomic E-state index is 5.39. The van der Waals surface area contributed by atoms with E-state index in [1.54, 1.807) is 12.4 Å². The number of fused-ring (bicyclic) bond motifs is 1. The molecule has 2 N–H and O–H groups in total. The number of pyridine rings is 1. The van der Waals surface area contributed by atoms with Gasteiger partial charge < -0.3 is 9.47 Å². The summed E-state index contributed by atoms with van der Waals surface area (Å²) in [5.41, 5.74) is 5.80. The molecule has 2 aromatic heterocycles. The van der Waals surface area contributed by atoms with E-state index in [9.17, 15) is 0 Å². The van der Waals surface area contributed by atoms with Crippen molar-refractivity contribution in [2.45, 2.75) is 17.8 Å². The van der Waals surface area contributed by atoms with E-state index in [-0.39, 0.29) is 6.79 Å². The summed E-state index contributed by atoms with van der Waals surface area (Å²) in [5.74, 6) is 2.74. The minimum atomic E-state index is 0.255. The van der Waals surface area contributed by atoms with Crippen molar-refractivity contribution in [1.82, 2.24) is 20.2 Å². The average Bonchev–Trinajstić information content (AvgIpc) is 3.33. The number of hydrazone groups is 1. The highest BCUT2D eigenvalue weighted by Gasteiger charge is 2.14.